The van der Waals surface area contributed by atoms with Gasteiger partial charge in [0.2, 0.25) is 11.8 Å². The minimum atomic E-state index is -3.10. The molecule has 0 spiro atoms. The fourth-order valence-corrected chi connectivity index (χ4v) is 3.67. The first-order valence-electron chi connectivity index (χ1n) is 11.4. The van der Waals surface area contributed by atoms with Crippen LogP contribution in [0.1, 0.15) is 33.7 Å². The third-order valence-electron chi connectivity index (χ3n) is 5.61. The number of amides is 2. The maximum atomic E-state index is 14.3. The van der Waals surface area contributed by atoms with Crippen molar-refractivity contribution in [1.29, 1.82) is 0 Å². The fourth-order valence-electron chi connectivity index (χ4n) is 3.67. The minimum absolute atomic E-state index is 0. The van der Waals surface area contributed by atoms with Crippen molar-refractivity contribution >= 4 is 28.9 Å². The molecule has 2 aromatic carbocycles. The Labute approximate surface area is 217 Å². The van der Waals surface area contributed by atoms with Gasteiger partial charge in [-0.15, -0.1) is 10.2 Å². The van der Waals surface area contributed by atoms with E-state index >= 15 is 0 Å². The highest BCUT2D eigenvalue weighted by molar-refractivity contribution is 6.28. The van der Waals surface area contributed by atoms with Crippen LogP contribution in [-0.2, 0) is 15.5 Å². The second-order valence-corrected chi connectivity index (χ2v) is 8.87. The summed E-state index contributed by atoms with van der Waals surface area (Å²) in [6, 6.07) is 9.50. The summed E-state index contributed by atoms with van der Waals surface area (Å²) in [6.07, 6.45) is -1.81. The molecular formula is C26H26F3N5O4. The van der Waals surface area contributed by atoms with E-state index in [2.05, 4.69) is 27.2 Å². The summed E-state index contributed by atoms with van der Waals surface area (Å²) in [6.45, 7) is 8.81. The van der Waals surface area contributed by atoms with Gasteiger partial charge in [0.15, 0.2) is 5.92 Å². The largest absolute Gasteiger partial charge is 0.456 e. The highest BCUT2D eigenvalue weighted by Gasteiger charge is 2.40. The molecule has 0 saturated carbocycles. The molecule has 0 radical (unpaired) electrons. The van der Waals surface area contributed by atoms with Crippen LogP contribution in [0.3, 0.4) is 0 Å². The van der Waals surface area contributed by atoms with E-state index in [0.717, 1.165) is 18.0 Å². The summed E-state index contributed by atoms with van der Waals surface area (Å²) in [5.74, 6) is -5.49. The maximum absolute atomic E-state index is 14.3. The molecule has 12 heteroatoms. The Morgan fingerprint density at radius 3 is 2.61 bits per heavy atom. The van der Waals surface area contributed by atoms with E-state index in [4.69, 9.17) is 9.15 Å². The van der Waals surface area contributed by atoms with Gasteiger partial charge in [0.25, 0.3) is 24.1 Å². The third-order valence-corrected chi connectivity index (χ3v) is 5.61. The van der Waals surface area contributed by atoms with Crippen LogP contribution in [-0.4, -0.2) is 34.1 Å². The van der Waals surface area contributed by atoms with Gasteiger partial charge < -0.3 is 14.5 Å². The lowest BCUT2D eigenvalue weighted by Crippen LogP contribution is -2.36. The van der Waals surface area contributed by atoms with Gasteiger partial charge in [-0.2, -0.15) is 14.5 Å². The number of rotatable bonds is 8. The topological polar surface area (TPSA) is 110 Å². The molecule has 0 saturated heterocycles. The van der Waals surface area contributed by atoms with E-state index in [-0.39, 0.29) is 52.7 Å². The summed E-state index contributed by atoms with van der Waals surface area (Å²) < 4.78 is 52.5. The molecule has 2 amide bonds. The number of aromatic nitrogens is 2. The monoisotopic (exact) mass is 529 g/mol. The summed E-state index contributed by atoms with van der Waals surface area (Å²) in [7, 11) is 0. The van der Waals surface area contributed by atoms with Crippen molar-refractivity contribution in [2.75, 3.05) is 10.3 Å². The molecular weight excluding hydrogens is 503 g/mol. The van der Waals surface area contributed by atoms with Crippen LogP contribution in [0.25, 0.3) is 11.5 Å². The summed E-state index contributed by atoms with van der Waals surface area (Å²) >= 11 is 0. The molecule has 1 aromatic heterocycles. The van der Waals surface area contributed by atoms with Crippen LogP contribution < -0.4 is 15.1 Å². The smallest absolute Gasteiger partial charge is 0.270 e. The van der Waals surface area contributed by atoms with Gasteiger partial charge in [-0.3, -0.25) is 9.59 Å². The zero-order chi connectivity index (χ0) is 27.8. The van der Waals surface area contributed by atoms with Crippen LogP contribution in [0.5, 0.6) is 5.75 Å². The fraction of sp³-hybridized carbons (Fsp3) is 0.269. The van der Waals surface area contributed by atoms with E-state index in [1.54, 1.807) is 6.92 Å². The molecule has 9 nitrogen and oxygen atoms in total. The zero-order valence-corrected chi connectivity index (χ0v) is 21.0. The number of benzene rings is 2. The molecule has 2 unspecified atom stereocenters. The molecule has 38 heavy (non-hydrogen) atoms. The SMILES string of the molecule is C=C(C)C(F)Oc1ccc(N2N=C(C)C(C(=O)Nc3cccc(C(C)(F)F)c3)C2=O)cc1-c1nnc(C)o1.[HH]. The van der Waals surface area contributed by atoms with Crippen molar-refractivity contribution < 1.29 is 33.3 Å². The molecule has 1 N–H and O–H groups in total. The number of nitrogens with zero attached hydrogens (tertiary/aromatic N) is 4. The Hall–Kier alpha value is -4.48. The Balaban J connectivity index is 0.00000420. The van der Waals surface area contributed by atoms with Crippen molar-refractivity contribution in [1.82, 2.24) is 10.2 Å². The lowest BCUT2D eigenvalue weighted by molar-refractivity contribution is -0.127. The second kappa shape index (κ2) is 10.1. The van der Waals surface area contributed by atoms with Crippen LogP contribution in [0.15, 0.2) is 64.1 Å². The molecule has 1 aliphatic rings. The second-order valence-electron chi connectivity index (χ2n) is 8.87. The first kappa shape index (κ1) is 26.6. The summed E-state index contributed by atoms with van der Waals surface area (Å²) in [5, 5.41) is 15.5. The van der Waals surface area contributed by atoms with E-state index in [1.165, 1.54) is 50.2 Å². The Morgan fingerprint density at radius 2 is 1.97 bits per heavy atom. The van der Waals surface area contributed by atoms with Crippen molar-refractivity contribution in [2.45, 2.75) is 40.0 Å². The number of nitrogens with one attached hydrogen (secondary N) is 1. The number of carbonyl (C=O) groups excluding carboxylic acids is 2. The lowest BCUT2D eigenvalue weighted by atomic mass is 10.0. The minimum Gasteiger partial charge on any atom is -0.456 e. The van der Waals surface area contributed by atoms with E-state index in [1.807, 2.05) is 0 Å². The highest BCUT2D eigenvalue weighted by atomic mass is 19.3. The van der Waals surface area contributed by atoms with Crippen molar-refractivity contribution in [3.05, 3.63) is 66.1 Å². The van der Waals surface area contributed by atoms with Crippen LogP contribution in [0.4, 0.5) is 24.5 Å². The number of hydrogen-bond acceptors (Lipinski definition) is 7. The standard InChI is InChI=1S/C26H24F3N5O4.H2/c1-13(2)22(27)38-20-10-9-18(12-19(20)24-32-31-15(4)37-24)34-25(36)21(14(3)33-34)23(35)30-17-8-6-7-16(11-17)26(5,28)29;/h6-12,21-22H,1H2,2-5H3,(H,30,35);1H. The van der Waals surface area contributed by atoms with Crippen molar-refractivity contribution in [3.63, 3.8) is 0 Å². The third kappa shape index (κ3) is 5.43. The Kier molecular flexibility index (Phi) is 7.07. The first-order valence-corrected chi connectivity index (χ1v) is 11.4. The quantitative estimate of drug-likeness (QED) is 0.299. The normalized spacial score (nSPS) is 16.3. The summed E-state index contributed by atoms with van der Waals surface area (Å²) in [5.41, 5.74) is 0.569. The molecule has 0 bridgehead atoms. The van der Waals surface area contributed by atoms with Crippen molar-refractivity contribution in [2.24, 2.45) is 11.0 Å². The molecule has 3 aromatic rings. The first-order chi connectivity index (χ1) is 17.8. The van der Waals surface area contributed by atoms with E-state index < -0.39 is 30.0 Å². The van der Waals surface area contributed by atoms with E-state index in [9.17, 15) is 22.8 Å². The average Bonchev–Trinajstić information content (AvgIpc) is 3.41. The number of halogens is 3. The van der Waals surface area contributed by atoms with Gasteiger partial charge in [0.1, 0.15) is 5.75 Å². The number of carbonyl (C=O) groups is 2. The van der Waals surface area contributed by atoms with Gasteiger partial charge >= 0.3 is 0 Å². The molecule has 4 rings (SSSR count). The summed E-state index contributed by atoms with van der Waals surface area (Å²) in [4.78, 5) is 26.2. The van der Waals surface area contributed by atoms with Gasteiger partial charge in [-0.1, -0.05) is 18.7 Å². The number of aryl methyl sites for hydroxylation is 1. The average molecular weight is 530 g/mol. The lowest BCUT2D eigenvalue weighted by Gasteiger charge is -2.18. The van der Waals surface area contributed by atoms with Gasteiger partial charge in [0.05, 0.1) is 17.0 Å². The molecule has 200 valence electrons. The predicted octanol–water partition coefficient (Wildman–Crippen LogP) is 5.63. The Morgan fingerprint density at radius 1 is 1.24 bits per heavy atom. The number of hydrogen-bond donors (Lipinski definition) is 1. The zero-order valence-electron chi connectivity index (χ0n) is 21.0. The highest BCUT2D eigenvalue weighted by Crippen LogP contribution is 2.36. The van der Waals surface area contributed by atoms with Crippen LogP contribution >= 0.6 is 0 Å². The van der Waals surface area contributed by atoms with Crippen LogP contribution in [0.2, 0.25) is 0 Å². The predicted molar refractivity (Wildman–Crippen MR) is 136 cm³/mol. The van der Waals surface area contributed by atoms with Gasteiger partial charge in [-0.25, -0.2) is 8.78 Å². The van der Waals surface area contributed by atoms with E-state index in [0.29, 0.717) is 0 Å². The number of hydrazone groups is 1. The molecule has 0 fully saturated rings. The number of ether oxygens (including phenoxy) is 1. The maximum Gasteiger partial charge on any atom is 0.270 e. The number of alkyl halides is 3. The molecule has 1 aliphatic heterocycles. The van der Waals surface area contributed by atoms with Crippen molar-refractivity contribution in [3.8, 4) is 17.2 Å². The molecule has 2 atom stereocenters. The Bertz CT molecular complexity index is 1450. The molecule has 0 aliphatic carbocycles. The number of anilines is 2. The van der Waals surface area contributed by atoms with Gasteiger partial charge in [-0.05, 0) is 49.8 Å². The molecule has 2 heterocycles. The van der Waals surface area contributed by atoms with Gasteiger partial charge in [0, 0.05) is 26.5 Å². The van der Waals surface area contributed by atoms with Crippen LogP contribution in [0, 0.1) is 12.8 Å².